The number of carbonyl (C=O) groups is 1. The monoisotopic (exact) mass is 580 g/mol. The van der Waals surface area contributed by atoms with Gasteiger partial charge in [-0.2, -0.15) is 0 Å². The van der Waals surface area contributed by atoms with Crippen LogP contribution in [-0.2, 0) is 11.2 Å². The lowest BCUT2D eigenvalue weighted by Crippen LogP contribution is -2.43. The van der Waals surface area contributed by atoms with E-state index >= 15 is 0 Å². The molecular weight excluding hydrogens is 524 g/mol. The second-order valence-corrected chi connectivity index (χ2v) is 13.3. The van der Waals surface area contributed by atoms with Crippen molar-refractivity contribution in [1.29, 1.82) is 0 Å². The molecule has 1 aliphatic rings. The van der Waals surface area contributed by atoms with Gasteiger partial charge in [0, 0.05) is 42.4 Å². The van der Waals surface area contributed by atoms with Gasteiger partial charge >= 0.3 is 5.97 Å². The van der Waals surface area contributed by atoms with Crippen LogP contribution in [0.5, 0.6) is 0 Å². The SMILES string of the molecule is Cc1ccc(Sc2ccccc2N2CCNCC2)c(CC(C)CCCCCCCCCCCCCCCC(=O)O)c1. The van der Waals surface area contributed by atoms with E-state index in [1.54, 1.807) is 0 Å². The highest BCUT2D eigenvalue weighted by Crippen LogP contribution is 2.38. The largest absolute Gasteiger partial charge is 0.481 e. The van der Waals surface area contributed by atoms with Crippen molar-refractivity contribution in [1.82, 2.24) is 5.32 Å². The van der Waals surface area contributed by atoms with E-state index < -0.39 is 5.97 Å². The Morgan fingerprint density at radius 3 is 2.05 bits per heavy atom. The number of carboxylic acid groups (broad SMARTS) is 1. The van der Waals surface area contributed by atoms with Crippen LogP contribution in [-0.4, -0.2) is 37.3 Å². The van der Waals surface area contributed by atoms with E-state index in [1.165, 1.54) is 110 Å². The van der Waals surface area contributed by atoms with E-state index in [2.05, 4.69) is 66.5 Å². The molecule has 2 N–H and O–H groups in total. The van der Waals surface area contributed by atoms with Crippen molar-refractivity contribution >= 4 is 23.4 Å². The van der Waals surface area contributed by atoms with Gasteiger partial charge in [0.2, 0.25) is 0 Å². The van der Waals surface area contributed by atoms with Crippen LogP contribution in [0.4, 0.5) is 5.69 Å². The van der Waals surface area contributed by atoms with Crippen LogP contribution in [0, 0.1) is 12.8 Å². The van der Waals surface area contributed by atoms with Crippen LogP contribution in [0.2, 0.25) is 0 Å². The summed E-state index contributed by atoms with van der Waals surface area (Å²) in [4.78, 5) is 15.9. The van der Waals surface area contributed by atoms with Crippen LogP contribution in [0.25, 0.3) is 0 Å². The topological polar surface area (TPSA) is 52.6 Å². The van der Waals surface area contributed by atoms with Gasteiger partial charge < -0.3 is 15.3 Å². The van der Waals surface area contributed by atoms with E-state index in [-0.39, 0.29) is 0 Å². The number of nitrogens with zero attached hydrogens (tertiary/aromatic N) is 1. The van der Waals surface area contributed by atoms with Crippen molar-refractivity contribution in [2.24, 2.45) is 5.92 Å². The fourth-order valence-electron chi connectivity index (χ4n) is 5.99. The van der Waals surface area contributed by atoms with E-state index in [1.807, 2.05) is 11.8 Å². The van der Waals surface area contributed by atoms with E-state index in [0.717, 1.165) is 39.0 Å². The molecule has 0 saturated carbocycles. The molecule has 1 aliphatic heterocycles. The number of para-hydroxylation sites is 1. The van der Waals surface area contributed by atoms with Gasteiger partial charge in [0.1, 0.15) is 0 Å². The van der Waals surface area contributed by atoms with Gasteiger partial charge in [0.05, 0.1) is 5.69 Å². The Hall–Kier alpha value is -1.98. The molecule has 1 heterocycles. The third-order valence-electron chi connectivity index (χ3n) is 8.41. The van der Waals surface area contributed by atoms with Gasteiger partial charge in [-0.05, 0) is 49.4 Å². The zero-order valence-electron chi connectivity index (χ0n) is 26.0. The first-order chi connectivity index (χ1) is 20.0. The molecule has 2 aromatic carbocycles. The van der Waals surface area contributed by atoms with Crippen LogP contribution >= 0.6 is 11.8 Å². The van der Waals surface area contributed by atoms with Gasteiger partial charge in [-0.25, -0.2) is 0 Å². The molecule has 4 nitrogen and oxygen atoms in total. The first kappa shape index (κ1) is 33.5. The number of aryl methyl sites for hydroxylation is 1. The Labute approximate surface area is 255 Å². The number of anilines is 1. The summed E-state index contributed by atoms with van der Waals surface area (Å²) in [6, 6.07) is 16.0. The van der Waals surface area contributed by atoms with E-state index in [0.29, 0.717) is 12.3 Å². The van der Waals surface area contributed by atoms with Crippen molar-refractivity contribution in [3.05, 3.63) is 53.6 Å². The smallest absolute Gasteiger partial charge is 0.303 e. The second kappa shape index (κ2) is 20.0. The predicted molar refractivity (Wildman–Crippen MR) is 177 cm³/mol. The maximum absolute atomic E-state index is 10.5. The van der Waals surface area contributed by atoms with Gasteiger partial charge in [-0.15, -0.1) is 0 Å². The quantitative estimate of drug-likeness (QED) is 0.144. The summed E-state index contributed by atoms with van der Waals surface area (Å²) in [6.45, 7) is 8.95. The molecular formula is C36H56N2O2S. The summed E-state index contributed by atoms with van der Waals surface area (Å²) >= 11 is 1.95. The lowest BCUT2D eigenvalue weighted by atomic mass is 9.94. The Morgan fingerprint density at radius 2 is 1.41 bits per heavy atom. The third kappa shape index (κ3) is 13.7. The first-order valence-electron chi connectivity index (χ1n) is 16.6. The van der Waals surface area contributed by atoms with Crippen LogP contribution in [0.15, 0.2) is 52.3 Å². The highest BCUT2D eigenvalue weighted by molar-refractivity contribution is 7.99. The summed E-state index contributed by atoms with van der Waals surface area (Å²) in [7, 11) is 0. The van der Waals surface area contributed by atoms with Crippen molar-refractivity contribution in [3.63, 3.8) is 0 Å². The number of unbranched alkanes of at least 4 members (excludes halogenated alkanes) is 12. The minimum atomic E-state index is -0.658. The van der Waals surface area contributed by atoms with Crippen molar-refractivity contribution in [3.8, 4) is 0 Å². The molecule has 1 atom stereocenters. The number of hydrogen-bond donors (Lipinski definition) is 2. The standard InChI is InChI=1S/C36H56N2O2S/c1-30(18-14-12-10-8-6-4-3-5-7-9-11-13-15-21-36(39)40)28-32-29-31(2)22-23-34(32)41-35-20-17-16-19-33(35)38-26-24-37-25-27-38/h16-17,19-20,22-23,29-30,37H,3-15,18,21,24-28H2,1-2H3,(H,39,40). The number of aliphatic carboxylic acids is 1. The number of benzene rings is 2. The predicted octanol–water partition coefficient (Wildman–Crippen LogP) is 9.67. The number of piperazine rings is 1. The number of rotatable bonds is 21. The fourth-order valence-corrected chi connectivity index (χ4v) is 7.08. The molecule has 2 aromatic rings. The third-order valence-corrected chi connectivity index (χ3v) is 9.60. The number of nitrogens with one attached hydrogen (secondary N) is 1. The van der Waals surface area contributed by atoms with Crippen LogP contribution in [0.3, 0.4) is 0 Å². The Kier molecular flexibility index (Phi) is 16.4. The minimum Gasteiger partial charge on any atom is -0.481 e. The number of carboxylic acids is 1. The molecule has 1 unspecified atom stereocenters. The van der Waals surface area contributed by atoms with Crippen LogP contribution < -0.4 is 10.2 Å². The molecule has 0 radical (unpaired) electrons. The second-order valence-electron chi connectivity index (χ2n) is 12.3. The van der Waals surface area contributed by atoms with Crippen molar-refractivity contribution in [2.75, 3.05) is 31.1 Å². The zero-order chi connectivity index (χ0) is 29.1. The highest BCUT2D eigenvalue weighted by atomic mass is 32.2. The molecule has 5 heteroatoms. The lowest BCUT2D eigenvalue weighted by Gasteiger charge is -2.31. The lowest BCUT2D eigenvalue weighted by molar-refractivity contribution is -0.137. The summed E-state index contributed by atoms with van der Waals surface area (Å²) in [6.07, 6.45) is 19.5. The maximum atomic E-state index is 10.5. The Bertz CT molecular complexity index is 1000. The minimum absolute atomic E-state index is 0.332. The molecule has 1 fully saturated rings. The summed E-state index contributed by atoms with van der Waals surface area (Å²) in [5.41, 5.74) is 4.25. The first-order valence-corrected chi connectivity index (χ1v) is 17.4. The molecule has 41 heavy (non-hydrogen) atoms. The zero-order valence-corrected chi connectivity index (χ0v) is 26.8. The Balaban J connectivity index is 1.30. The highest BCUT2D eigenvalue weighted by Gasteiger charge is 2.16. The molecule has 0 bridgehead atoms. The molecule has 0 aromatic heterocycles. The van der Waals surface area contributed by atoms with Crippen molar-refractivity contribution in [2.45, 2.75) is 126 Å². The molecule has 0 aliphatic carbocycles. The average Bonchev–Trinajstić information content (AvgIpc) is 2.97. The van der Waals surface area contributed by atoms with Gasteiger partial charge in [0.25, 0.3) is 0 Å². The molecule has 1 saturated heterocycles. The van der Waals surface area contributed by atoms with Crippen LogP contribution in [0.1, 0.15) is 114 Å². The maximum Gasteiger partial charge on any atom is 0.303 e. The average molecular weight is 581 g/mol. The van der Waals surface area contributed by atoms with Crippen molar-refractivity contribution < 1.29 is 9.90 Å². The van der Waals surface area contributed by atoms with Gasteiger partial charge in [0.15, 0.2) is 0 Å². The van der Waals surface area contributed by atoms with E-state index in [9.17, 15) is 4.79 Å². The van der Waals surface area contributed by atoms with Gasteiger partial charge in [-0.3, -0.25) is 4.79 Å². The molecule has 0 amide bonds. The molecule has 228 valence electrons. The van der Waals surface area contributed by atoms with E-state index in [4.69, 9.17) is 5.11 Å². The Morgan fingerprint density at radius 1 is 0.829 bits per heavy atom. The fraction of sp³-hybridized carbons (Fsp3) is 0.639. The number of hydrogen-bond acceptors (Lipinski definition) is 4. The van der Waals surface area contributed by atoms with Gasteiger partial charge in [-0.1, -0.05) is 132 Å². The summed E-state index contributed by atoms with van der Waals surface area (Å²) < 4.78 is 0. The molecule has 3 rings (SSSR count). The summed E-state index contributed by atoms with van der Waals surface area (Å²) in [5, 5.41) is 12.2. The summed E-state index contributed by atoms with van der Waals surface area (Å²) in [5.74, 6) is 0.0534. The molecule has 0 spiro atoms. The normalized spacial score (nSPS) is 14.3.